The van der Waals surface area contributed by atoms with Gasteiger partial charge < -0.3 is 4.42 Å². The van der Waals surface area contributed by atoms with E-state index < -0.39 is 10.0 Å². The van der Waals surface area contributed by atoms with Gasteiger partial charge in [0.1, 0.15) is 5.76 Å². The summed E-state index contributed by atoms with van der Waals surface area (Å²) < 4.78 is 29.7. The van der Waals surface area contributed by atoms with E-state index in [0.29, 0.717) is 18.9 Å². The number of oxazole rings is 1. The van der Waals surface area contributed by atoms with E-state index in [1.54, 1.807) is 20.0 Å². The van der Waals surface area contributed by atoms with Crippen LogP contribution < -0.4 is 4.72 Å². The van der Waals surface area contributed by atoms with Crippen LogP contribution in [-0.2, 0) is 16.4 Å². The van der Waals surface area contributed by atoms with Crippen LogP contribution in [0.3, 0.4) is 0 Å². The Hall–Kier alpha value is -0.880. The van der Waals surface area contributed by atoms with Crippen molar-refractivity contribution < 1.29 is 12.8 Å². The number of aromatic nitrogens is 1. The highest BCUT2D eigenvalue weighted by Gasteiger charge is 2.06. The smallest absolute Gasteiger partial charge is 0.211 e. The third-order valence-corrected chi connectivity index (χ3v) is 3.11. The molecular weight excluding hydrogens is 204 g/mol. The highest BCUT2D eigenvalue weighted by molar-refractivity contribution is 7.89. The monoisotopic (exact) mass is 218 g/mol. The number of hydrogen-bond donors (Lipinski definition) is 1. The molecule has 0 spiro atoms. The van der Waals surface area contributed by atoms with Crippen molar-refractivity contribution >= 4 is 10.0 Å². The number of nitrogens with zero attached hydrogens (tertiary/aromatic N) is 1. The molecule has 1 heterocycles. The second kappa shape index (κ2) is 4.56. The fraction of sp³-hybridized carbons (Fsp3) is 0.625. The average molecular weight is 218 g/mol. The lowest BCUT2D eigenvalue weighted by molar-refractivity contribution is 0.469. The standard InChI is InChI=1S/C8H14N2O3S/c1-3-14(11,12)10-5-4-8-9-6-7(2)13-8/h6,10H,3-5H2,1-2H3. The van der Waals surface area contributed by atoms with Crippen LogP contribution >= 0.6 is 0 Å². The number of sulfonamides is 1. The number of rotatable bonds is 5. The van der Waals surface area contributed by atoms with Gasteiger partial charge in [0.25, 0.3) is 0 Å². The molecule has 0 bridgehead atoms. The van der Waals surface area contributed by atoms with Crippen molar-refractivity contribution in [1.82, 2.24) is 9.71 Å². The largest absolute Gasteiger partial charge is 0.446 e. The molecule has 0 radical (unpaired) electrons. The van der Waals surface area contributed by atoms with Gasteiger partial charge in [0.15, 0.2) is 5.89 Å². The predicted octanol–water partition coefficient (Wildman–Crippen LogP) is 0.465. The summed E-state index contributed by atoms with van der Waals surface area (Å²) in [6, 6.07) is 0. The van der Waals surface area contributed by atoms with E-state index in [4.69, 9.17) is 4.42 Å². The van der Waals surface area contributed by atoms with Crippen molar-refractivity contribution in [3.63, 3.8) is 0 Å². The molecule has 0 aliphatic heterocycles. The number of hydrogen-bond acceptors (Lipinski definition) is 4. The summed E-state index contributed by atoms with van der Waals surface area (Å²) in [7, 11) is -3.10. The molecule has 0 saturated heterocycles. The molecular formula is C8H14N2O3S. The summed E-state index contributed by atoms with van der Waals surface area (Å²) in [4.78, 5) is 3.96. The SMILES string of the molecule is CCS(=O)(=O)NCCc1ncc(C)o1. The van der Waals surface area contributed by atoms with Crippen molar-refractivity contribution in [2.24, 2.45) is 0 Å². The first kappa shape index (κ1) is 11.2. The normalized spacial score (nSPS) is 11.9. The molecule has 1 rings (SSSR count). The minimum absolute atomic E-state index is 0.0949. The van der Waals surface area contributed by atoms with Crippen molar-refractivity contribution in [2.45, 2.75) is 20.3 Å². The van der Waals surface area contributed by atoms with E-state index in [9.17, 15) is 8.42 Å². The first-order chi connectivity index (χ1) is 6.53. The van der Waals surface area contributed by atoms with Crippen LogP contribution in [0.15, 0.2) is 10.6 Å². The maximum atomic E-state index is 11.0. The van der Waals surface area contributed by atoms with Crippen LogP contribution in [0.4, 0.5) is 0 Å². The summed E-state index contributed by atoms with van der Waals surface area (Å²) in [6.45, 7) is 3.72. The third-order valence-electron chi connectivity index (χ3n) is 1.71. The van der Waals surface area contributed by atoms with Gasteiger partial charge in [-0.15, -0.1) is 0 Å². The van der Waals surface area contributed by atoms with E-state index in [2.05, 4.69) is 9.71 Å². The van der Waals surface area contributed by atoms with Crippen molar-refractivity contribution in [3.8, 4) is 0 Å². The molecule has 0 saturated carbocycles. The fourth-order valence-corrected chi connectivity index (χ4v) is 1.55. The third kappa shape index (κ3) is 3.47. The zero-order valence-corrected chi connectivity index (χ0v) is 9.10. The van der Waals surface area contributed by atoms with Crippen LogP contribution in [0.5, 0.6) is 0 Å². The van der Waals surface area contributed by atoms with E-state index in [-0.39, 0.29) is 5.75 Å². The summed E-state index contributed by atoms with van der Waals surface area (Å²) in [5.41, 5.74) is 0. The molecule has 1 aromatic rings. The maximum Gasteiger partial charge on any atom is 0.211 e. The van der Waals surface area contributed by atoms with Crippen molar-refractivity contribution in [2.75, 3.05) is 12.3 Å². The lowest BCUT2D eigenvalue weighted by Gasteiger charge is -2.01. The molecule has 0 atom stereocenters. The van der Waals surface area contributed by atoms with Gasteiger partial charge in [-0.2, -0.15) is 0 Å². The fourth-order valence-electron chi connectivity index (χ4n) is 0.933. The Labute approximate surface area is 83.6 Å². The van der Waals surface area contributed by atoms with Crippen LogP contribution in [-0.4, -0.2) is 25.7 Å². The molecule has 0 aliphatic carbocycles. The lowest BCUT2D eigenvalue weighted by Crippen LogP contribution is -2.27. The minimum atomic E-state index is -3.10. The highest BCUT2D eigenvalue weighted by Crippen LogP contribution is 2.01. The van der Waals surface area contributed by atoms with E-state index in [0.717, 1.165) is 5.76 Å². The number of nitrogens with one attached hydrogen (secondary N) is 1. The maximum absolute atomic E-state index is 11.0. The zero-order valence-electron chi connectivity index (χ0n) is 8.28. The van der Waals surface area contributed by atoms with Crippen LogP contribution in [0, 0.1) is 6.92 Å². The Morgan fingerprint density at radius 3 is 2.79 bits per heavy atom. The first-order valence-electron chi connectivity index (χ1n) is 4.42. The quantitative estimate of drug-likeness (QED) is 0.779. The van der Waals surface area contributed by atoms with Crippen molar-refractivity contribution in [3.05, 3.63) is 17.8 Å². The Morgan fingerprint density at radius 1 is 1.57 bits per heavy atom. The van der Waals surface area contributed by atoms with E-state index >= 15 is 0 Å². The Morgan fingerprint density at radius 2 is 2.29 bits per heavy atom. The van der Waals surface area contributed by atoms with Gasteiger partial charge in [-0.1, -0.05) is 0 Å². The summed E-state index contributed by atoms with van der Waals surface area (Å²) in [6.07, 6.45) is 2.09. The van der Waals surface area contributed by atoms with Gasteiger partial charge in [0.2, 0.25) is 10.0 Å². The molecule has 14 heavy (non-hydrogen) atoms. The molecule has 6 heteroatoms. The highest BCUT2D eigenvalue weighted by atomic mass is 32.2. The molecule has 5 nitrogen and oxygen atoms in total. The number of aryl methyl sites for hydroxylation is 1. The summed E-state index contributed by atoms with van der Waals surface area (Å²) in [5, 5.41) is 0. The van der Waals surface area contributed by atoms with Crippen molar-refractivity contribution in [1.29, 1.82) is 0 Å². The predicted molar refractivity (Wildman–Crippen MR) is 52.4 cm³/mol. The van der Waals surface area contributed by atoms with Crippen LogP contribution in [0.2, 0.25) is 0 Å². The van der Waals surface area contributed by atoms with Gasteiger partial charge in [-0.25, -0.2) is 18.1 Å². The first-order valence-corrected chi connectivity index (χ1v) is 6.07. The average Bonchev–Trinajstić information content (AvgIpc) is 2.51. The molecule has 80 valence electrons. The minimum Gasteiger partial charge on any atom is -0.446 e. The van der Waals surface area contributed by atoms with Gasteiger partial charge in [0, 0.05) is 13.0 Å². The van der Waals surface area contributed by atoms with E-state index in [1.807, 2.05) is 0 Å². The molecule has 0 aliphatic rings. The molecule has 0 aromatic carbocycles. The molecule has 0 unspecified atom stereocenters. The molecule has 0 fully saturated rings. The summed E-state index contributed by atoms with van der Waals surface area (Å²) in [5.74, 6) is 1.39. The second-order valence-electron chi connectivity index (χ2n) is 2.91. The topological polar surface area (TPSA) is 72.2 Å². The lowest BCUT2D eigenvalue weighted by atomic mass is 10.4. The Balaban J connectivity index is 2.36. The van der Waals surface area contributed by atoms with Gasteiger partial charge >= 0.3 is 0 Å². The molecule has 0 amide bonds. The Kier molecular flexibility index (Phi) is 3.65. The van der Waals surface area contributed by atoms with Crippen LogP contribution in [0.25, 0.3) is 0 Å². The summed E-state index contributed by atoms with van der Waals surface area (Å²) >= 11 is 0. The van der Waals surface area contributed by atoms with Gasteiger partial charge in [-0.05, 0) is 13.8 Å². The zero-order chi connectivity index (χ0) is 10.6. The van der Waals surface area contributed by atoms with Gasteiger partial charge in [0.05, 0.1) is 11.9 Å². The Bertz CT molecular complexity index is 383. The van der Waals surface area contributed by atoms with Crippen LogP contribution in [0.1, 0.15) is 18.6 Å². The molecule has 1 aromatic heterocycles. The second-order valence-corrected chi connectivity index (χ2v) is 5.01. The van der Waals surface area contributed by atoms with Gasteiger partial charge in [-0.3, -0.25) is 0 Å². The van der Waals surface area contributed by atoms with E-state index in [1.165, 1.54) is 0 Å². The molecule has 1 N–H and O–H groups in total.